The van der Waals surface area contributed by atoms with Crippen molar-refractivity contribution in [2.45, 2.75) is 20.3 Å². The zero-order chi connectivity index (χ0) is 19.5. The Morgan fingerprint density at radius 1 is 1.00 bits per heavy atom. The van der Waals surface area contributed by atoms with Gasteiger partial charge in [-0.2, -0.15) is 5.10 Å². The molecule has 2 aromatic heterocycles. The SMILES string of the molecule is CCc1ccc(C(=O)N2CCN(c3cc(-n4ccc(C)n4)ncn3)CC2)cc1. The van der Waals surface area contributed by atoms with Crippen molar-refractivity contribution in [3.05, 3.63) is 65.7 Å². The number of benzene rings is 1. The van der Waals surface area contributed by atoms with Gasteiger partial charge in [0.1, 0.15) is 12.1 Å². The summed E-state index contributed by atoms with van der Waals surface area (Å²) in [6, 6.07) is 11.8. The third-order valence-corrected chi connectivity index (χ3v) is 5.10. The van der Waals surface area contributed by atoms with Gasteiger partial charge in [0.25, 0.3) is 5.91 Å². The van der Waals surface area contributed by atoms with Gasteiger partial charge in [0, 0.05) is 44.0 Å². The number of aryl methyl sites for hydroxylation is 2. The van der Waals surface area contributed by atoms with Gasteiger partial charge in [-0.15, -0.1) is 0 Å². The Hall–Kier alpha value is -3.22. The third-order valence-electron chi connectivity index (χ3n) is 5.10. The summed E-state index contributed by atoms with van der Waals surface area (Å²) in [5, 5.41) is 4.40. The van der Waals surface area contributed by atoms with Gasteiger partial charge >= 0.3 is 0 Å². The number of aromatic nitrogens is 4. The van der Waals surface area contributed by atoms with E-state index in [9.17, 15) is 4.79 Å². The van der Waals surface area contributed by atoms with Gasteiger partial charge in [0.05, 0.1) is 5.69 Å². The van der Waals surface area contributed by atoms with Gasteiger partial charge in [0.2, 0.25) is 0 Å². The Balaban J connectivity index is 1.42. The number of nitrogens with zero attached hydrogens (tertiary/aromatic N) is 6. The lowest BCUT2D eigenvalue weighted by molar-refractivity contribution is 0.0746. The molecule has 7 nitrogen and oxygen atoms in total. The Bertz CT molecular complexity index is 957. The summed E-state index contributed by atoms with van der Waals surface area (Å²) < 4.78 is 1.75. The highest BCUT2D eigenvalue weighted by molar-refractivity contribution is 5.94. The van der Waals surface area contributed by atoms with E-state index in [0.29, 0.717) is 13.1 Å². The number of carbonyl (C=O) groups excluding carboxylic acids is 1. The zero-order valence-electron chi connectivity index (χ0n) is 16.2. The second-order valence-electron chi connectivity index (χ2n) is 6.97. The molecule has 3 heterocycles. The lowest BCUT2D eigenvalue weighted by Crippen LogP contribution is -2.49. The summed E-state index contributed by atoms with van der Waals surface area (Å²) in [6.45, 7) is 6.90. The Labute approximate surface area is 164 Å². The van der Waals surface area contributed by atoms with E-state index in [1.807, 2.05) is 54.4 Å². The highest BCUT2D eigenvalue weighted by Crippen LogP contribution is 2.17. The minimum absolute atomic E-state index is 0.0951. The standard InChI is InChI=1S/C21H24N6O/c1-3-17-4-6-18(7-5-17)21(28)26-12-10-25(11-13-26)19-14-20(23-15-22-19)27-9-8-16(2)24-27/h4-9,14-15H,3,10-13H2,1-2H3. The molecule has 0 spiro atoms. The summed E-state index contributed by atoms with van der Waals surface area (Å²) in [5.74, 6) is 1.70. The van der Waals surface area contributed by atoms with Gasteiger partial charge in [-0.3, -0.25) is 4.79 Å². The Morgan fingerprint density at radius 2 is 1.71 bits per heavy atom. The number of hydrogen-bond acceptors (Lipinski definition) is 5. The molecule has 1 aliphatic rings. The quantitative estimate of drug-likeness (QED) is 0.700. The first kappa shape index (κ1) is 18.2. The van der Waals surface area contributed by atoms with Crippen molar-refractivity contribution in [3.63, 3.8) is 0 Å². The van der Waals surface area contributed by atoms with Crippen molar-refractivity contribution in [3.8, 4) is 5.82 Å². The van der Waals surface area contributed by atoms with Crippen LogP contribution in [0.2, 0.25) is 0 Å². The highest BCUT2D eigenvalue weighted by Gasteiger charge is 2.23. The van der Waals surface area contributed by atoms with Crippen LogP contribution in [-0.4, -0.2) is 56.7 Å². The first-order chi connectivity index (χ1) is 13.6. The molecular formula is C21H24N6O. The smallest absolute Gasteiger partial charge is 0.253 e. The first-order valence-electron chi connectivity index (χ1n) is 9.62. The van der Waals surface area contributed by atoms with E-state index in [4.69, 9.17) is 0 Å². The summed E-state index contributed by atoms with van der Waals surface area (Å²) in [7, 11) is 0. The van der Waals surface area contributed by atoms with Crippen molar-refractivity contribution in [2.24, 2.45) is 0 Å². The molecule has 1 amide bonds. The number of anilines is 1. The zero-order valence-corrected chi connectivity index (χ0v) is 16.2. The molecule has 0 saturated carbocycles. The van der Waals surface area contributed by atoms with Crippen LogP contribution in [0.3, 0.4) is 0 Å². The lowest BCUT2D eigenvalue weighted by Gasteiger charge is -2.35. The molecular weight excluding hydrogens is 352 g/mol. The fraction of sp³-hybridized carbons (Fsp3) is 0.333. The van der Waals surface area contributed by atoms with Crippen LogP contribution in [0.4, 0.5) is 5.82 Å². The second-order valence-corrected chi connectivity index (χ2v) is 6.97. The number of piperazine rings is 1. The normalized spacial score (nSPS) is 14.4. The van der Waals surface area contributed by atoms with Crippen LogP contribution >= 0.6 is 0 Å². The van der Waals surface area contributed by atoms with E-state index in [0.717, 1.165) is 42.4 Å². The van der Waals surface area contributed by atoms with E-state index in [1.54, 1.807) is 11.0 Å². The summed E-state index contributed by atoms with van der Waals surface area (Å²) in [5.41, 5.74) is 2.94. The monoisotopic (exact) mass is 376 g/mol. The van der Waals surface area contributed by atoms with E-state index < -0.39 is 0 Å². The van der Waals surface area contributed by atoms with Crippen molar-refractivity contribution >= 4 is 11.7 Å². The van der Waals surface area contributed by atoms with Gasteiger partial charge in [-0.05, 0) is 37.1 Å². The van der Waals surface area contributed by atoms with Crippen LogP contribution < -0.4 is 4.90 Å². The van der Waals surface area contributed by atoms with Gasteiger partial charge < -0.3 is 9.80 Å². The molecule has 28 heavy (non-hydrogen) atoms. The van der Waals surface area contributed by atoms with Gasteiger partial charge in [-0.1, -0.05) is 19.1 Å². The molecule has 1 aliphatic heterocycles. The lowest BCUT2D eigenvalue weighted by atomic mass is 10.1. The molecule has 0 N–H and O–H groups in total. The maximum Gasteiger partial charge on any atom is 0.253 e. The predicted molar refractivity (Wildman–Crippen MR) is 108 cm³/mol. The molecule has 4 rings (SSSR count). The number of amides is 1. The highest BCUT2D eigenvalue weighted by atomic mass is 16.2. The molecule has 1 fully saturated rings. The maximum atomic E-state index is 12.8. The van der Waals surface area contributed by atoms with Crippen molar-refractivity contribution < 1.29 is 4.79 Å². The van der Waals surface area contributed by atoms with Gasteiger partial charge in [0.15, 0.2) is 5.82 Å². The van der Waals surface area contributed by atoms with Gasteiger partial charge in [-0.25, -0.2) is 14.6 Å². The maximum absolute atomic E-state index is 12.8. The average Bonchev–Trinajstić information content (AvgIpc) is 3.20. The van der Waals surface area contributed by atoms with Crippen molar-refractivity contribution in [2.75, 3.05) is 31.1 Å². The predicted octanol–water partition coefficient (Wildman–Crippen LogP) is 2.50. The molecule has 0 bridgehead atoms. The van der Waals surface area contributed by atoms with E-state index in [-0.39, 0.29) is 5.91 Å². The Morgan fingerprint density at radius 3 is 2.36 bits per heavy atom. The minimum atomic E-state index is 0.0951. The van der Waals surface area contributed by atoms with E-state index >= 15 is 0 Å². The fourth-order valence-electron chi connectivity index (χ4n) is 3.38. The minimum Gasteiger partial charge on any atom is -0.353 e. The molecule has 144 valence electrons. The Kier molecular flexibility index (Phi) is 5.06. The summed E-state index contributed by atoms with van der Waals surface area (Å²) >= 11 is 0. The molecule has 0 unspecified atom stereocenters. The van der Waals surface area contributed by atoms with Crippen LogP contribution in [-0.2, 0) is 6.42 Å². The fourth-order valence-corrected chi connectivity index (χ4v) is 3.38. The van der Waals surface area contributed by atoms with Crippen LogP contribution in [0.15, 0.2) is 48.9 Å². The second kappa shape index (κ2) is 7.80. The van der Waals surface area contributed by atoms with Crippen molar-refractivity contribution in [1.82, 2.24) is 24.6 Å². The number of rotatable bonds is 4. The average molecular weight is 376 g/mol. The summed E-state index contributed by atoms with van der Waals surface area (Å²) in [6.07, 6.45) is 4.43. The van der Waals surface area contributed by atoms with E-state index in [1.165, 1.54) is 5.56 Å². The topological polar surface area (TPSA) is 67.2 Å². The molecule has 3 aromatic rings. The third kappa shape index (κ3) is 3.74. The molecule has 0 radical (unpaired) electrons. The van der Waals surface area contributed by atoms with E-state index in [2.05, 4.69) is 26.9 Å². The molecule has 1 saturated heterocycles. The summed E-state index contributed by atoms with van der Waals surface area (Å²) in [4.78, 5) is 25.6. The van der Waals surface area contributed by atoms with Crippen LogP contribution in [0.1, 0.15) is 28.5 Å². The molecule has 0 atom stereocenters. The molecule has 7 heteroatoms. The largest absolute Gasteiger partial charge is 0.353 e. The van der Waals surface area contributed by atoms with Crippen molar-refractivity contribution in [1.29, 1.82) is 0 Å². The van der Waals surface area contributed by atoms with Crippen LogP contribution in [0.5, 0.6) is 0 Å². The first-order valence-corrected chi connectivity index (χ1v) is 9.62. The van der Waals surface area contributed by atoms with Crippen LogP contribution in [0, 0.1) is 6.92 Å². The molecule has 0 aliphatic carbocycles. The van der Waals surface area contributed by atoms with Crippen LogP contribution in [0.25, 0.3) is 5.82 Å². The number of carbonyl (C=O) groups is 1. The molecule has 1 aromatic carbocycles. The number of hydrogen-bond donors (Lipinski definition) is 0.